The quantitative estimate of drug-likeness (QED) is 0.466. The maximum atomic E-state index is 14.8. The van der Waals surface area contributed by atoms with Gasteiger partial charge in [0.15, 0.2) is 11.6 Å². The molecule has 1 aromatic carbocycles. The SMILES string of the molecule is C=C([C@H]1CCCC[C@@H]1Oc1cc(F)c(S(=O)(=O)Nc2ccncn2)cc1F)N(C)/N=N\C. The summed E-state index contributed by atoms with van der Waals surface area (Å²) in [4.78, 5) is 6.54. The Bertz CT molecular complexity index is 1100. The maximum absolute atomic E-state index is 14.8. The summed E-state index contributed by atoms with van der Waals surface area (Å²) in [5, 5.41) is 9.18. The average Bonchev–Trinajstić information content (AvgIpc) is 2.76. The van der Waals surface area contributed by atoms with Crippen LogP contribution < -0.4 is 9.46 Å². The number of sulfonamides is 1. The van der Waals surface area contributed by atoms with Crippen LogP contribution in [0.4, 0.5) is 14.6 Å². The van der Waals surface area contributed by atoms with Crippen LogP contribution in [0, 0.1) is 17.6 Å². The van der Waals surface area contributed by atoms with E-state index in [-0.39, 0.29) is 17.5 Å². The second kappa shape index (κ2) is 9.98. The molecule has 0 spiro atoms. The summed E-state index contributed by atoms with van der Waals surface area (Å²) in [6.45, 7) is 4.04. The van der Waals surface area contributed by atoms with Crippen LogP contribution in [0.3, 0.4) is 0 Å². The van der Waals surface area contributed by atoms with E-state index in [0.717, 1.165) is 31.7 Å². The van der Waals surface area contributed by atoms with E-state index in [9.17, 15) is 17.2 Å². The van der Waals surface area contributed by atoms with Gasteiger partial charge >= 0.3 is 0 Å². The first-order chi connectivity index (χ1) is 15.2. The van der Waals surface area contributed by atoms with Crippen LogP contribution in [0.2, 0.25) is 0 Å². The molecular weight excluding hydrogens is 442 g/mol. The summed E-state index contributed by atoms with van der Waals surface area (Å²) < 4.78 is 62.4. The number of hydrogen-bond acceptors (Lipinski definition) is 7. The minimum Gasteiger partial charge on any atom is -0.487 e. The lowest BCUT2D eigenvalue weighted by Gasteiger charge is -2.35. The second-order valence-corrected chi connectivity index (χ2v) is 8.92. The highest BCUT2D eigenvalue weighted by molar-refractivity contribution is 7.92. The average molecular weight is 467 g/mol. The van der Waals surface area contributed by atoms with Crippen molar-refractivity contribution in [3.05, 3.63) is 54.6 Å². The van der Waals surface area contributed by atoms with Crippen molar-refractivity contribution >= 4 is 15.8 Å². The van der Waals surface area contributed by atoms with Gasteiger partial charge < -0.3 is 4.74 Å². The van der Waals surface area contributed by atoms with Gasteiger partial charge in [-0.05, 0) is 25.3 Å². The largest absolute Gasteiger partial charge is 0.487 e. The number of ether oxygens (including phenoxy) is 1. The zero-order chi connectivity index (χ0) is 23.3. The first-order valence-corrected chi connectivity index (χ1v) is 11.4. The molecule has 0 amide bonds. The zero-order valence-corrected chi connectivity index (χ0v) is 18.5. The minimum absolute atomic E-state index is 0.0722. The lowest BCUT2D eigenvalue weighted by Crippen LogP contribution is -2.35. The van der Waals surface area contributed by atoms with Crippen molar-refractivity contribution in [3.8, 4) is 5.75 Å². The normalized spacial score (nSPS) is 19.0. The van der Waals surface area contributed by atoms with Gasteiger partial charge in [0, 0.05) is 37.0 Å². The Morgan fingerprint density at radius 2 is 2.03 bits per heavy atom. The first kappa shape index (κ1) is 23.5. The smallest absolute Gasteiger partial charge is 0.266 e. The molecule has 12 heteroatoms. The molecule has 2 atom stereocenters. The molecular formula is C20H24F2N6O3S. The molecule has 32 heavy (non-hydrogen) atoms. The molecule has 2 aromatic rings. The van der Waals surface area contributed by atoms with E-state index in [4.69, 9.17) is 4.74 Å². The van der Waals surface area contributed by atoms with Gasteiger partial charge in [0.2, 0.25) is 0 Å². The van der Waals surface area contributed by atoms with Gasteiger partial charge in [-0.2, -0.15) is 5.11 Å². The zero-order valence-electron chi connectivity index (χ0n) is 17.7. The molecule has 0 unspecified atom stereocenters. The lowest BCUT2D eigenvalue weighted by atomic mass is 9.84. The standard InChI is InChI=1S/C20H24F2N6O3S/c1-13(28(3)27-23-2)14-6-4-5-7-17(14)31-18-10-16(22)19(11-15(18)21)32(29,30)26-20-8-9-24-12-25-20/h8-12,14,17H,1,4-7H2,2-3H3,(H,24,25,26)/b27-23-/t14-,17+/m1/s1. The summed E-state index contributed by atoms with van der Waals surface area (Å²) in [6, 6.07) is 2.63. The molecule has 1 fully saturated rings. The molecule has 1 saturated carbocycles. The number of benzene rings is 1. The van der Waals surface area contributed by atoms with E-state index >= 15 is 0 Å². The van der Waals surface area contributed by atoms with Gasteiger partial charge in [0.05, 0.1) is 7.05 Å². The van der Waals surface area contributed by atoms with Crippen LogP contribution in [0.15, 0.2) is 58.2 Å². The molecule has 1 aromatic heterocycles. The highest BCUT2D eigenvalue weighted by atomic mass is 32.2. The van der Waals surface area contributed by atoms with Gasteiger partial charge in [-0.3, -0.25) is 9.73 Å². The van der Waals surface area contributed by atoms with E-state index in [1.807, 2.05) is 0 Å². The van der Waals surface area contributed by atoms with Crippen molar-refractivity contribution in [2.24, 2.45) is 16.3 Å². The second-order valence-electron chi connectivity index (χ2n) is 7.26. The molecule has 0 aliphatic heterocycles. The summed E-state index contributed by atoms with van der Waals surface area (Å²) in [6.07, 6.45) is 5.10. The molecule has 0 radical (unpaired) electrons. The fourth-order valence-corrected chi connectivity index (χ4v) is 4.64. The third-order valence-corrected chi connectivity index (χ3v) is 6.51. The fraction of sp³-hybridized carbons (Fsp3) is 0.400. The van der Waals surface area contributed by atoms with Crippen LogP contribution in [-0.2, 0) is 10.0 Å². The van der Waals surface area contributed by atoms with Crippen molar-refractivity contribution in [2.75, 3.05) is 18.8 Å². The highest BCUT2D eigenvalue weighted by Crippen LogP contribution is 2.35. The Balaban J connectivity index is 1.83. The minimum atomic E-state index is -4.41. The van der Waals surface area contributed by atoms with Gasteiger partial charge in [0.1, 0.15) is 29.0 Å². The predicted octanol–water partition coefficient (Wildman–Crippen LogP) is 3.94. The Kier molecular flexibility index (Phi) is 7.33. The summed E-state index contributed by atoms with van der Waals surface area (Å²) >= 11 is 0. The van der Waals surface area contributed by atoms with E-state index in [1.54, 1.807) is 7.05 Å². The van der Waals surface area contributed by atoms with Crippen molar-refractivity contribution < 1.29 is 21.9 Å². The third-order valence-electron chi connectivity index (χ3n) is 5.14. The van der Waals surface area contributed by atoms with E-state index in [2.05, 4.69) is 31.6 Å². The molecule has 1 aliphatic carbocycles. The number of nitrogens with zero attached hydrogens (tertiary/aromatic N) is 5. The van der Waals surface area contributed by atoms with E-state index in [0.29, 0.717) is 18.2 Å². The summed E-state index contributed by atoms with van der Waals surface area (Å²) in [5.74, 6) is -2.76. The summed E-state index contributed by atoms with van der Waals surface area (Å²) in [5.41, 5.74) is 0.648. The lowest BCUT2D eigenvalue weighted by molar-refractivity contribution is 0.0909. The predicted molar refractivity (Wildman–Crippen MR) is 113 cm³/mol. The molecule has 1 heterocycles. The number of halogens is 2. The van der Waals surface area contributed by atoms with Crippen molar-refractivity contribution in [2.45, 2.75) is 36.7 Å². The molecule has 1 N–H and O–H groups in total. The number of nitrogens with one attached hydrogen (secondary N) is 1. The molecule has 3 rings (SSSR count). The third kappa shape index (κ3) is 5.36. The van der Waals surface area contributed by atoms with Gasteiger partial charge in [-0.1, -0.05) is 18.2 Å². The fourth-order valence-electron chi connectivity index (χ4n) is 3.56. The van der Waals surface area contributed by atoms with Gasteiger partial charge in [0.25, 0.3) is 10.0 Å². The van der Waals surface area contributed by atoms with Crippen LogP contribution >= 0.6 is 0 Å². The molecule has 1 aliphatic rings. The topological polar surface area (TPSA) is 109 Å². The molecule has 0 bridgehead atoms. The first-order valence-electron chi connectivity index (χ1n) is 9.89. The van der Waals surface area contributed by atoms with Crippen LogP contribution in [0.5, 0.6) is 5.75 Å². The van der Waals surface area contributed by atoms with Crippen LogP contribution in [0.1, 0.15) is 25.7 Å². The Labute approximate surface area is 185 Å². The van der Waals surface area contributed by atoms with E-state index in [1.165, 1.54) is 24.3 Å². The maximum Gasteiger partial charge on any atom is 0.266 e. The van der Waals surface area contributed by atoms with Crippen molar-refractivity contribution in [1.82, 2.24) is 15.0 Å². The Hall–Kier alpha value is -3.15. The highest BCUT2D eigenvalue weighted by Gasteiger charge is 2.32. The van der Waals surface area contributed by atoms with Gasteiger partial charge in [-0.15, -0.1) is 0 Å². The van der Waals surface area contributed by atoms with Crippen LogP contribution in [0.25, 0.3) is 0 Å². The summed E-state index contributed by atoms with van der Waals surface area (Å²) in [7, 11) is -1.18. The Morgan fingerprint density at radius 1 is 1.28 bits per heavy atom. The van der Waals surface area contributed by atoms with Crippen molar-refractivity contribution in [3.63, 3.8) is 0 Å². The number of aromatic nitrogens is 2. The molecule has 0 saturated heterocycles. The van der Waals surface area contributed by atoms with Crippen molar-refractivity contribution in [1.29, 1.82) is 0 Å². The van der Waals surface area contributed by atoms with E-state index < -0.39 is 32.7 Å². The van der Waals surface area contributed by atoms with Crippen LogP contribution in [-0.4, -0.2) is 43.6 Å². The number of anilines is 1. The molecule has 9 nitrogen and oxygen atoms in total. The molecule has 172 valence electrons. The number of rotatable bonds is 8. The van der Waals surface area contributed by atoms with Gasteiger partial charge in [-0.25, -0.2) is 27.2 Å². The number of hydrogen-bond donors (Lipinski definition) is 1. The Morgan fingerprint density at radius 3 is 2.72 bits per heavy atom. The monoisotopic (exact) mass is 466 g/mol.